The molecule has 4 rings (SSSR count). The molecule has 3 N–H and O–H groups in total. The van der Waals surface area contributed by atoms with Gasteiger partial charge in [-0.3, -0.25) is 4.79 Å². The second-order valence-electron chi connectivity index (χ2n) is 9.50. The summed E-state index contributed by atoms with van der Waals surface area (Å²) in [4.78, 5) is 17.1. The zero-order valence-corrected chi connectivity index (χ0v) is 23.0. The Kier molecular flexibility index (Phi) is 9.01. The van der Waals surface area contributed by atoms with Crippen LogP contribution >= 0.6 is 11.6 Å². The maximum absolute atomic E-state index is 14.0. The van der Waals surface area contributed by atoms with Crippen molar-refractivity contribution in [2.45, 2.75) is 42.8 Å². The van der Waals surface area contributed by atoms with Gasteiger partial charge in [0.2, 0.25) is 0 Å². The van der Waals surface area contributed by atoms with Gasteiger partial charge in [-0.2, -0.15) is 13.2 Å². The number of hydrogen-bond donors (Lipinski definition) is 3. The van der Waals surface area contributed by atoms with Crippen molar-refractivity contribution >= 4 is 32.9 Å². The molecular weight excluding hydrogens is 572 g/mol. The lowest BCUT2D eigenvalue weighted by molar-refractivity contribution is -0.141. The van der Waals surface area contributed by atoms with Gasteiger partial charge in [-0.05, 0) is 56.1 Å². The lowest BCUT2D eigenvalue weighted by Crippen LogP contribution is -2.20. The summed E-state index contributed by atoms with van der Waals surface area (Å²) < 4.78 is 80.6. The Morgan fingerprint density at radius 1 is 1.20 bits per heavy atom. The summed E-state index contributed by atoms with van der Waals surface area (Å²) >= 11 is 5.89. The lowest BCUT2D eigenvalue weighted by Gasteiger charge is -2.17. The van der Waals surface area contributed by atoms with Crippen LogP contribution in [0.1, 0.15) is 46.6 Å². The highest BCUT2D eigenvalue weighted by atomic mass is 35.5. The maximum Gasteiger partial charge on any atom is 0.434 e. The lowest BCUT2D eigenvalue weighted by atomic mass is 10.0. The average molecular weight is 599 g/mol. The number of benzene rings is 2. The normalized spacial score (nSPS) is 14.9. The predicted molar refractivity (Wildman–Crippen MR) is 144 cm³/mol. The number of alkyl halides is 3. The van der Waals surface area contributed by atoms with Crippen LogP contribution in [-0.4, -0.2) is 40.5 Å². The molecule has 0 bridgehead atoms. The number of anilines is 1. The number of ether oxygens (including phenoxy) is 1. The fourth-order valence-corrected chi connectivity index (χ4v) is 4.86. The first-order valence-corrected chi connectivity index (χ1v) is 14.7. The van der Waals surface area contributed by atoms with E-state index in [1.54, 1.807) is 0 Å². The van der Waals surface area contributed by atoms with E-state index in [2.05, 4.69) is 15.6 Å². The minimum absolute atomic E-state index is 0.129. The molecule has 1 saturated carbocycles. The molecular formula is C27H27ClF4N4O3S. The Morgan fingerprint density at radius 3 is 2.62 bits per heavy atom. The van der Waals surface area contributed by atoms with Crippen LogP contribution < -0.4 is 15.4 Å². The van der Waals surface area contributed by atoms with E-state index in [1.165, 1.54) is 36.6 Å². The van der Waals surface area contributed by atoms with Crippen LogP contribution in [0.2, 0.25) is 5.02 Å². The van der Waals surface area contributed by atoms with Crippen LogP contribution in [0.5, 0.6) is 5.75 Å². The number of nitrogens with one attached hydrogen (secondary N) is 3. The molecule has 0 aliphatic heterocycles. The van der Waals surface area contributed by atoms with Gasteiger partial charge in [-0.25, -0.2) is 18.4 Å². The van der Waals surface area contributed by atoms with Crippen LogP contribution in [0.3, 0.4) is 0 Å². The average Bonchev–Trinajstić information content (AvgIpc) is 3.69. The molecule has 40 heavy (non-hydrogen) atoms. The number of carbonyl (C=O) groups is 1. The molecule has 1 aliphatic rings. The monoisotopic (exact) mass is 598 g/mol. The van der Waals surface area contributed by atoms with Gasteiger partial charge in [0.25, 0.3) is 5.91 Å². The number of amides is 1. The smallest absolute Gasteiger partial charge is 0.434 e. The summed E-state index contributed by atoms with van der Waals surface area (Å²) in [5.74, 6) is -1.28. The molecule has 1 aliphatic carbocycles. The topological polar surface area (TPSA) is 104 Å². The summed E-state index contributed by atoms with van der Waals surface area (Å²) in [5.41, 5.74) is -1.35. The first-order chi connectivity index (χ1) is 18.8. The molecule has 0 spiro atoms. The minimum atomic E-state index is -4.89. The van der Waals surface area contributed by atoms with Crippen LogP contribution in [-0.2, 0) is 22.3 Å². The van der Waals surface area contributed by atoms with Gasteiger partial charge in [0.15, 0.2) is 5.69 Å². The molecule has 3 aromatic rings. The van der Waals surface area contributed by atoms with E-state index >= 15 is 0 Å². The fourth-order valence-electron chi connectivity index (χ4n) is 3.91. The number of pyridine rings is 1. The molecule has 0 radical (unpaired) electrons. The van der Waals surface area contributed by atoms with Crippen molar-refractivity contribution in [2.24, 2.45) is 0 Å². The molecule has 1 aromatic heterocycles. The number of rotatable bonds is 11. The van der Waals surface area contributed by atoms with Gasteiger partial charge in [-0.15, -0.1) is 0 Å². The third-order valence-electron chi connectivity index (χ3n) is 6.09. The Balaban J connectivity index is 1.63. The van der Waals surface area contributed by atoms with Crippen molar-refractivity contribution in [3.63, 3.8) is 0 Å². The molecule has 13 heteroatoms. The number of halogens is 5. The fraction of sp³-hybridized carbons (Fsp3) is 0.333. The Morgan fingerprint density at radius 2 is 1.95 bits per heavy atom. The molecule has 214 valence electrons. The van der Waals surface area contributed by atoms with Crippen molar-refractivity contribution in [1.29, 1.82) is 4.78 Å². The van der Waals surface area contributed by atoms with Gasteiger partial charge in [0.1, 0.15) is 11.6 Å². The number of carbonyl (C=O) groups excluding carboxylic acids is 1. The highest BCUT2D eigenvalue weighted by Crippen LogP contribution is 2.35. The van der Waals surface area contributed by atoms with E-state index in [9.17, 15) is 26.6 Å². The second-order valence-corrected chi connectivity index (χ2v) is 12.1. The molecule has 1 atom stereocenters. The summed E-state index contributed by atoms with van der Waals surface area (Å²) in [7, 11) is -3.08. The highest BCUT2D eigenvalue weighted by molar-refractivity contribution is 7.91. The van der Waals surface area contributed by atoms with E-state index in [0.717, 1.165) is 31.0 Å². The first-order valence-electron chi connectivity index (χ1n) is 12.4. The first kappa shape index (κ1) is 29.8. The predicted octanol–water partition coefficient (Wildman–Crippen LogP) is 6.29. The number of nitrogens with zero attached hydrogens (tertiary/aromatic N) is 1. The summed E-state index contributed by atoms with van der Waals surface area (Å²) in [6.07, 6.45) is -1.05. The molecule has 1 heterocycles. The van der Waals surface area contributed by atoms with Gasteiger partial charge in [0, 0.05) is 40.9 Å². The van der Waals surface area contributed by atoms with Gasteiger partial charge in [-0.1, -0.05) is 23.7 Å². The van der Waals surface area contributed by atoms with Gasteiger partial charge >= 0.3 is 6.18 Å². The van der Waals surface area contributed by atoms with E-state index in [-0.39, 0.29) is 40.6 Å². The molecule has 1 fully saturated rings. The highest BCUT2D eigenvalue weighted by Gasteiger charge is 2.37. The molecule has 1 amide bonds. The largest absolute Gasteiger partial charge is 0.493 e. The Bertz CT molecular complexity index is 1510. The van der Waals surface area contributed by atoms with E-state index in [1.807, 2.05) is 0 Å². The third-order valence-corrected chi connectivity index (χ3v) is 7.53. The number of hydrogen-bond acceptors (Lipinski definition) is 6. The summed E-state index contributed by atoms with van der Waals surface area (Å²) in [5, 5.41) is 5.11. The van der Waals surface area contributed by atoms with Crippen molar-refractivity contribution in [2.75, 3.05) is 24.7 Å². The van der Waals surface area contributed by atoms with Crippen LogP contribution in [0.15, 0.2) is 53.4 Å². The minimum Gasteiger partial charge on any atom is -0.493 e. The van der Waals surface area contributed by atoms with E-state index in [0.29, 0.717) is 24.6 Å². The molecule has 2 aromatic carbocycles. The maximum atomic E-state index is 14.0. The quantitative estimate of drug-likeness (QED) is 0.178. The second kappa shape index (κ2) is 12.1. The van der Waals surface area contributed by atoms with Crippen molar-refractivity contribution < 1.29 is 31.3 Å². The Hall–Kier alpha value is -3.22. The van der Waals surface area contributed by atoms with Crippen molar-refractivity contribution in [3.05, 3.63) is 81.9 Å². The van der Waals surface area contributed by atoms with E-state index < -0.39 is 38.3 Å². The zero-order valence-electron chi connectivity index (χ0n) is 21.4. The van der Waals surface area contributed by atoms with Crippen LogP contribution in [0.25, 0.3) is 0 Å². The van der Waals surface area contributed by atoms with Gasteiger partial charge < -0.3 is 15.4 Å². The molecule has 0 saturated heterocycles. The summed E-state index contributed by atoms with van der Waals surface area (Å²) in [6.45, 7) is 0.958. The Labute approximate surface area is 234 Å². The van der Waals surface area contributed by atoms with Crippen LogP contribution in [0, 0.1) is 10.6 Å². The van der Waals surface area contributed by atoms with Crippen molar-refractivity contribution in [1.82, 2.24) is 10.3 Å². The zero-order chi connectivity index (χ0) is 29.1. The molecule has 0 unspecified atom stereocenters. The molecule has 7 nitrogen and oxygen atoms in total. The summed E-state index contributed by atoms with van der Waals surface area (Å²) in [6, 6.07) is 10.8. The van der Waals surface area contributed by atoms with E-state index in [4.69, 9.17) is 21.1 Å². The number of aromatic nitrogens is 1. The SMILES string of the molecule is C[S@@](=N)(=O)c1cccc(NC(=O)c2cc(Cl)c(C(F)(F)F)nc2Cc2ccc(F)cc2OCCCNC2CC2)c1. The third kappa shape index (κ3) is 7.92. The van der Waals surface area contributed by atoms with Crippen molar-refractivity contribution in [3.8, 4) is 5.75 Å². The standard InChI is InChI=1S/C27H27ClF4N4O3S/c1-40(33,38)20-5-2-4-19(14-20)35-26(37)21-15-22(28)25(27(30,31)32)36-23(21)12-16-6-7-17(29)13-24(16)39-11-3-10-34-18-8-9-18/h2,4-7,13-15,18,33-34H,3,8-12H2,1H3,(H,35,37)/t40-/m1/s1. The van der Waals surface area contributed by atoms with Crippen LogP contribution in [0.4, 0.5) is 23.2 Å². The van der Waals surface area contributed by atoms with Gasteiger partial charge in [0.05, 0.1) is 32.6 Å².